The molecule has 0 fully saturated rings. The van der Waals surface area contributed by atoms with Gasteiger partial charge in [-0.15, -0.1) is 11.3 Å². The van der Waals surface area contributed by atoms with E-state index in [4.69, 9.17) is 21.1 Å². The van der Waals surface area contributed by atoms with Crippen molar-refractivity contribution in [1.82, 2.24) is 4.98 Å². The highest BCUT2D eigenvalue weighted by Gasteiger charge is 1.98. The molecule has 0 spiro atoms. The van der Waals surface area contributed by atoms with Crippen LogP contribution in [0.2, 0.25) is 4.47 Å². The fraction of sp³-hybridized carbons (Fsp3) is 0.667. The monoisotopic (exact) mass is 235 g/mol. The summed E-state index contributed by atoms with van der Waals surface area (Å²) >= 11 is 7.11. The number of rotatable bonds is 7. The van der Waals surface area contributed by atoms with Gasteiger partial charge >= 0.3 is 0 Å². The fourth-order valence-electron chi connectivity index (χ4n) is 0.887. The van der Waals surface area contributed by atoms with Crippen molar-refractivity contribution >= 4 is 22.9 Å². The molecule has 0 radical (unpaired) electrons. The SMILES string of the molecule is CCCOCCOCc1cnc(Cl)s1. The normalized spacial score (nSPS) is 10.7. The first kappa shape index (κ1) is 11.9. The minimum atomic E-state index is 0.561. The molecule has 1 heterocycles. The van der Waals surface area contributed by atoms with E-state index in [1.54, 1.807) is 6.20 Å². The van der Waals surface area contributed by atoms with Crippen LogP contribution in [0.4, 0.5) is 0 Å². The van der Waals surface area contributed by atoms with Crippen LogP contribution in [0.5, 0.6) is 0 Å². The van der Waals surface area contributed by atoms with Crippen molar-refractivity contribution in [2.45, 2.75) is 20.0 Å². The summed E-state index contributed by atoms with van der Waals surface area (Å²) in [4.78, 5) is 4.96. The summed E-state index contributed by atoms with van der Waals surface area (Å²) in [6.45, 7) is 4.73. The number of hydrogen-bond donors (Lipinski definition) is 0. The Morgan fingerprint density at radius 1 is 1.36 bits per heavy atom. The molecule has 0 aliphatic heterocycles. The average Bonchev–Trinajstić information content (AvgIpc) is 2.58. The van der Waals surface area contributed by atoms with E-state index in [1.807, 2.05) is 0 Å². The predicted molar refractivity (Wildman–Crippen MR) is 57.9 cm³/mol. The molecule has 3 nitrogen and oxygen atoms in total. The van der Waals surface area contributed by atoms with Crippen LogP contribution in [0.15, 0.2) is 6.20 Å². The Bertz CT molecular complexity index is 255. The minimum absolute atomic E-state index is 0.561. The van der Waals surface area contributed by atoms with Gasteiger partial charge in [-0.25, -0.2) is 4.98 Å². The first-order valence-electron chi connectivity index (χ1n) is 4.58. The Morgan fingerprint density at radius 2 is 2.14 bits per heavy atom. The quantitative estimate of drug-likeness (QED) is 0.681. The van der Waals surface area contributed by atoms with Gasteiger partial charge in [-0.3, -0.25) is 0 Å². The number of thiazole rings is 1. The van der Waals surface area contributed by atoms with Crippen LogP contribution in [0, 0.1) is 0 Å². The molecule has 0 saturated heterocycles. The van der Waals surface area contributed by atoms with Gasteiger partial charge in [0.25, 0.3) is 0 Å². The number of nitrogens with zero attached hydrogens (tertiary/aromatic N) is 1. The van der Waals surface area contributed by atoms with E-state index in [0.29, 0.717) is 24.3 Å². The molecule has 1 aromatic rings. The topological polar surface area (TPSA) is 31.4 Å². The zero-order valence-electron chi connectivity index (χ0n) is 8.16. The van der Waals surface area contributed by atoms with Crippen LogP contribution < -0.4 is 0 Å². The predicted octanol–water partition coefficient (Wildman–Crippen LogP) is 2.74. The van der Waals surface area contributed by atoms with Crippen molar-refractivity contribution in [1.29, 1.82) is 0 Å². The Balaban J connectivity index is 1.99. The zero-order valence-corrected chi connectivity index (χ0v) is 9.74. The third-order valence-electron chi connectivity index (χ3n) is 1.49. The van der Waals surface area contributed by atoms with Gasteiger partial charge in [0.15, 0.2) is 4.47 Å². The molecule has 0 saturated carbocycles. The van der Waals surface area contributed by atoms with Gasteiger partial charge in [-0.1, -0.05) is 18.5 Å². The van der Waals surface area contributed by atoms with E-state index in [9.17, 15) is 0 Å². The van der Waals surface area contributed by atoms with E-state index >= 15 is 0 Å². The summed E-state index contributed by atoms with van der Waals surface area (Å²) < 4.78 is 11.2. The van der Waals surface area contributed by atoms with Gasteiger partial charge in [0.2, 0.25) is 0 Å². The lowest BCUT2D eigenvalue weighted by molar-refractivity contribution is 0.0417. The van der Waals surface area contributed by atoms with Crippen LogP contribution in [0.1, 0.15) is 18.2 Å². The summed E-state index contributed by atoms with van der Waals surface area (Å²) in [7, 11) is 0. The molecule has 0 N–H and O–H groups in total. The fourth-order valence-corrected chi connectivity index (χ4v) is 1.80. The highest BCUT2D eigenvalue weighted by atomic mass is 35.5. The van der Waals surface area contributed by atoms with Crippen molar-refractivity contribution < 1.29 is 9.47 Å². The van der Waals surface area contributed by atoms with Crippen LogP contribution in [-0.2, 0) is 16.1 Å². The van der Waals surface area contributed by atoms with Gasteiger partial charge in [0, 0.05) is 12.8 Å². The Hall–Kier alpha value is -0.160. The number of ether oxygens (including phenoxy) is 2. The molecule has 0 atom stereocenters. The van der Waals surface area contributed by atoms with E-state index in [1.165, 1.54) is 11.3 Å². The Labute approximate surface area is 93.0 Å². The number of aromatic nitrogens is 1. The molecular weight excluding hydrogens is 222 g/mol. The third-order valence-corrected chi connectivity index (χ3v) is 2.58. The molecule has 0 aliphatic rings. The van der Waals surface area contributed by atoms with Crippen LogP contribution in [-0.4, -0.2) is 24.8 Å². The second kappa shape index (κ2) is 7.17. The molecule has 0 amide bonds. The van der Waals surface area contributed by atoms with Crippen molar-refractivity contribution in [3.05, 3.63) is 15.5 Å². The zero-order chi connectivity index (χ0) is 10.2. The first-order valence-corrected chi connectivity index (χ1v) is 5.78. The number of halogens is 1. The van der Waals surface area contributed by atoms with Crippen LogP contribution in [0.3, 0.4) is 0 Å². The highest BCUT2D eigenvalue weighted by Crippen LogP contribution is 2.18. The maximum Gasteiger partial charge on any atom is 0.183 e. The van der Waals surface area contributed by atoms with E-state index < -0.39 is 0 Å². The molecule has 14 heavy (non-hydrogen) atoms. The summed E-state index contributed by atoms with van der Waals surface area (Å²) in [5.41, 5.74) is 0. The van der Waals surface area contributed by atoms with Gasteiger partial charge in [0.1, 0.15) is 0 Å². The Kier molecular flexibility index (Phi) is 6.10. The van der Waals surface area contributed by atoms with Crippen molar-refractivity contribution in [3.8, 4) is 0 Å². The largest absolute Gasteiger partial charge is 0.379 e. The Morgan fingerprint density at radius 3 is 2.79 bits per heavy atom. The lowest BCUT2D eigenvalue weighted by atomic mass is 10.5. The summed E-state index contributed by atoms with van der Waals surface area (Å²) in [5, 5.41) is 0. The van der Waals surface area contributed by atoms with Crippen molar-refractivity contribution in [3.63, 3.8) is 0 Å². The summed E-state index contributed by atoms with van der Waals surface area (Å²) in [6.07, 6.45) is 2.78. The van der Waals surface area contributed by atoms with Crippen LogP contribution in [0.25, 0.3) is 0 Å². The molecule has 0 aromatic carbocycles. The minimum Gasteiger partial charge on any atom is -0.379 e. The number of hydrogen-bond acceptors (Lipinski definition) is 4. The lowest BCUT2D eigenvalue weighted by Crippen LogP contribution is -2.04. The summed E-state index contributed by atoms with van der Waals surface area (Å²) in [5.74, 6) is 0. The first-order chi connectivity index (χ1) is 6.83. The smallest absolute Gasteiger partial charge is 0.183 e. The third kappa shape index (κ3) is 4.91. The second-order valence-corrected chi connectivity index (χ2v) is 4.44. The van der Waals surface area contributed by atoms with Gasteiger partial charge in [-0.05, 0) is 6.42 Å². The standard InChI is InChI=1S/C9H14ClNO2S/c1-2-3-12-4-5-13-7-8-6-11-9(10)14-8/h6H,2-5,7H2,1H3. The molecule has 80 valence electrons. The summed E-state index contributed by atoms with van der Waals surface area (Å²) in [6, 6.07) is 0. The van der Waals surface area contributed by atoms with Crippen molar-refractivity contribution in [2.24, 2.45) is 0 Å². The van der Waals surface area contributed by atoms with E-state index in [2.05, 4.69) is 11.9 Å². The lowest BCUT2D eigenvalue weighted by Gasteiger charge is -2.02. The second-order valence-electron chi connectivity index (χ2n) is 2.74. The highest BCUT2D eigenvalue weighted by molar-refractivity contribution is 7.15. The molecule has 0 unspecified atom stereocenters. The van der Waals surface area contributed by atoms with E-state index in [-0.39, 0.29) is 0 Å². The van der Waals surface area contributed by atoms with E-state index in [0.717, 1.165) is 17.9 Å². The maximum absolute atomic E-state index is 5.67. The van der Waals surface area contributed by atoms with Crippen molar-refractivity contribution in [2.75, 3.05) is 19.8 Å². The molecule has 0 bridgehead atoms. The van der Waals surface area contributed by atoms with Gasteiger partial charge < -0.3 is 9.47 Å². The van der Waals surface area contributed by atoms with Crippen LogP contribution >= 0.6 is 22.9 Å². The van der Waals surface area contributed by atoms with Gasteiger partial charge in [0.05, 0.1) is 24.7 Å². The molecule has 1 aromatic heterocycles. The molecule has 0 aliphatic carbocycles. The molecule has 5 heteroatoms. The molecule has 1 rings (SSSR count). The molecular formula is C9H14ClNO2S. The maximum atomic E-state index is 5.67. The average molecular weight is 236 g/mol. The van der Waals surface area contributed by atoms with Gasteiger partial charge in [-0.2, -0.15) is 0 Å².